The summed E-state index contributed by atoms with van der Waals surface area (Å²) < 4.78 is 42.3. The largest absolute Gasteiger partial charge is 0.494 e. The molecule has 2 aromatic carbocycles. The van der Waals surface area contributed by atoms with Crippen LogP contribution in [0.15, 0.2) is 18.2 Å². The molecule has 0 aliphatic carbocycles. The summed E-state index contributed by atoms with van der Waals surface area (Å²) in [7, 11) is -2.28. The van der Waals surface area contributed by atoms with E-state index in [9.17, 15) is 13.2 Å². The van der Waals surface area contributed by atoms with Crippen molar-refractivity contribution in [2.75, 3.05) is 0 Å². The molecule has 0 bridgehead atoms. The first-order valence-electron chi connectivity index (χ1n) is 7.42. The highest BCUT2D eigenvalue weighted by molar-refractivity contribution is 6.59. The van der Waals surface area contributed by atoms with Crippen LogP contribution >= 0.6 is 0 Å². The fourth-order valence-electron chi connectivity index (χ4n) is 2.60. The van der Waals surface area contributed by atoms with Gasteiger partial charge in [-0.15, -0.1) is 0 Å². The number of hydrogen-bond donors (Lipinski definition) is 2. The Morgan fingerprint density at radius 2 is 1.68 bits per heavy atom. The van der Waals surface area contributed by atoms with Crippen molar-refractivity contribution in [3.8, 4) is 0 Å². The van der Waals surface area contributed by atoms with Gasteiger partial charge in [-0.1, -0.05) is 38.3 Å². The lowest BCUT2D eigenvalue weighted by molar-refractivity contribution is 0.420. The molecule has 0 unspecified atom stereocenters. The number of fused-ring (bicyclic) bond motifs is 1. The highest BCUT2D eigenvalue weighted by atomic mass is 19.1. The fourth-order valence-corrected chi connectivity index (χ4v) is 2.60. The van der Waals surface area contributed by atoms with Crippen LogP contribution in [0.3, 0.4) is 0 Å². The van der Waals surface area contributed by atoms with Gasteiger partial charge in [0.1, 0.15) is 17.5 Å². The predicted molar refractivity (Wildman–Crippen MR) is 81.5 cm³/mol. The van der Waals surface area contributed by atoms with Gasteiger partial charge in [0.25, 0.3) is 0 Å². The molecule has 118 valence electrons. The third-order valence-corrected chi connectivity index (χ3v) is 3.82. The zero-order chi connectivity index (χ0) is 16.3. The molecule has 0 saturated heterocycles. The zero-order valence-corrected chi connectivity index (χ0v) is 12.4. The standard InChI is InChI=1S/C16H18BF3O2/c1-2-3-4-5-6-10-7-8-11-12(15(10)19)9-13(18)14(16(11)20)17(21)22/h7-9,21-22H,2-6H2,1H3. The Kier molecular flexibility index (Phi) is 5.48. The smallest absolute Gasteiger partial charge is 0.423 e. The lowest BCUT2D eigenvalue weighted by atomic mass is 9.78. The van der Waals surface area contributed by atoms with E-state index in [2.05, 4.69) is 6.92 Å². The molecule has 0 fully saturated rings. The summed E-state index contributed by atoms with van der Waals surface area (Å²) in [5.74, 6) is -2.95. The molecule has 2 rings (SSSR count). The Balaban J connectivity index is 2.42. The monoisotopic (exact) mass is 310 g/mol. The Morgan fingerprint density at radius 1 is 0.955 bits per heavy atom. The number of halogens is 3. The van der Waals surface area contributed by atoms with Crippen molar-refractivity contribution in [3.05, 3.63) is 41.2 Å². The van der Waals surface area contributed by atoms with Gasteiger partial charge in [0, 0.05) is 10.8 Å². The van der Waals surface area contributed by atoms with Crippen LogP contribution in [-0.2, 0) is 6.42 Å². The summed E-state index contributed by atoms with van der Waals surface area (Å²) in [5, 5.41) is 17.7. The molecule has 0 aliphatic rings. The molecule has 2 aromatic rings. The molecule has 0 saturated carbocycles. The zero-order valence-electron chi connectivity index (χ0n) is 12.4. The predicted octanol–water partition coefficient (Wildman–Crippen LogP) is 3.06. The van der Waals surface area contributed by atoms with Crippen molar-refractivity contribution < 1.29 is 23.2 Å². The van der Waals surface area contributed by atoms with Crippen molar-refractivity contribution in [2.24, 2.45) is 0 Å². The molecule has 6 heteroatoms. The second-order valence-electron chi connectivity index (χ2n) is 5.40. The van der Waals surface area contributed by atoms with Gasteiger partial charge in [-0.2, -0.15) is 0 Å². The van der Waals surface area contributed by atoms with Crippen LogP contribution in [0.25, 0.3) is 10.8 Å². The van der Waals surface area contributed by atoms with Crippen LogP contribution in [0.4, 0.5) is 13.2 Å². The molecule has 0 aliphatic heterocycles. The highest BCUT2D eigenvalue weighted by Gasteiger charge is 2.25. The molecule has 22 heavy (non-hydrogen) atoms. The molecule has 2 N–H and O–H groups in total. The van der Waals surface area contributed by atoms with Gasteiger partial charge < -0.3 is 10.0 Å². The average molecular weight is 310 g/mol. The van der Waals surface area contributed by atoms with E-state index in [-0.39, 0.29) is 10.8 Å². The quantitative estimate of drug-likeness (QED) is 0.636. The maximum atomic E-state index is 14.4. The summed E-state index contributed by atoms with van der Waals surface area (Å²) in [5.41, 5.74) is -0.442. The van der Waals surface area contributed by atoms with Gasteiger partial charge in [0.05, 0.1) is 5.46 Å². The minimum absolute atomic E-state index is 0.153. The van der Waals surface area contributed by atoms with Gasteiger partial charge in [-0.25, -0.2) is 13.2 Å². The molecular weight excluding hydrogens is 292 g/mol. The Morgan fingerprint density at radius 3 is 2.32 bits per heavy atom. The summed E-state index contributed by atoms with van der Waals surface area (Å²) in [4.78, 5) is 0. The minimum atomic E-state index is -2.28. The maximum absolute atomic E-state index is 14.4. The van der Waals surface area contributed by atoms with E-state index < -0.39 is 30.0 Å². The van der Waals surface area contributed by atoms with Crippen molar-refractivity contribution >= 4 is 23.4 Å². The molecule has 0 atom stereocenters. The van der Waals surface area contributed by atoms with Crippen molar-refractivity contribution in [1.82, 2.24) is 0 Å². The van der Waals surface area contributed by atoms with Crippen LogP contribution in [0.5, 0.6) is 0 Å². The van der Waals surface area contributed by atoms with E-state index in [1.807, 2.05) is 0 Å². The molecule has 2 nitrogen and oxygen atoms in total. The summed E-state index contributed by atoms with van der Waals surface area (Å²) in [6.07, 6.45) is 4.44. The van der Waals surface area contributed by atoms with Crippen LogP contribution < -0.4 is 5.46 Å². The van der Waals surface area contributed by atoms with E-state index >= 15 is 0 Å². The molecule has 0 amide bonds. The fraction of sp³-hybridized carbons (Fsp3) is 0.375. The molecule has 0 aromatic heterocycles. The molecule has 0 heterocycles. The SMILES string of the molecule is CCCCCCc1ccc2c(F)c(B(O)O)c(F)cc2c1F. The van der Waals surface area contributed by atoms with Gasteiger partial charge >= 0.3 is 7.12 Å². The van der Waals surface area contributed by atoms with E-state index in [0.717, 1.165) is 31.7 Å². The van der Waals surface area contributed by atoms with Gasteiger partial charge in [0.2, 0.25) is 0 Å². The van der Waals surface area contributed by atoms with E-state index in [0.29, 0.717) is 12.0 Å². The van der Waals surface area contributed by atoms with Crippen LogP contribution in [0.2, 0.25) is 0 Å². The Hall–Kier alpha value is -1.53. The summed E-state index contributed by atoms with van der Waals surface area (Å²) in [6.45, 7) is 2.08. The summed E-state index contributed by atoms with van der Waals surface area (Å²) >= 11 is 0. The molecule has 0 spiro atoms. The number of unbranched alkanes of at least 4 members (excludes halogenated alkanes) is 3. The molecule has 0 radical (unpaired) electrons. The van der Waals surface area contributed by atoms with E-state index in [1.54, 1.807) is 0 Å². The lowest BCUT2D eigenvalue weighted by Crippen LogP contribution is -2.35. The molecular formula is C16H18BF3O2. The number of aryl methyl sites for hydroxylation is 1. The van der Waals surface area contributed by atoms with Crippen molar-refractivity contribution in [1.29, 1.82) is 0 Å². The Bertz CT molecular complexity index is 674. The normalized spacial score (nSPS) is 11.2. The van der Waals surface area contributed by atoms with Crippen molar-refractivity contribution in [3.63, 3.8) is 0 Å². The average Bonchev–Trinajstić information content (AvgIpc) is 2.46. The maximum Gasteiger partial charge on any atom is 0.494 e. The first-order valence-corrected chi connectivity index (χ1v) is 7.42. The van der Waals surface area contributed by atoms with Crippen LogP contribution in [0, 0.1) is 17.5 Å². The third kappa shape index (κ3) is 3.28. The summed E-state index contributed by atoms with van der Waals surface area (Å²) in [6, 6.07) is 3.64. The van der Waals surface area contributed by atoms with Gasteiger partial charge in [-0.3, -0.25) is 0 Å². The van der Waals surface area contributed by atoms with Crippen molar-refractivity contribution in [2.45, 2.75) is 39.0 Å². The second-order valence-corrected chi connectivity index (χ2v) is 5.40. The first kappa shape index (κ1) is 16.8. The second kappa shape index (κ2) is 7.16. The highest BCUT2D eigenvalue weighted by Crippen LogP contribution is 2.25. The minimum Gasteiger partial charge on any atom is -0.423 e. The van der Waals surface area contributed by atoms with E-state index in [4.69, 9.17) is 10.0 Å². The topological polar surface area (TPSA) is 40.5 Å². The number of rotatable bonds is 6. The van der Waals surface area contributed by atoms with E-state index in [1.165, 1.54) is 12.1 Å². The van der Waals surface area contributed by atoms with Crippen LogP contribution in [-0.4, -0.2) is 17.2 Å². The number of hydrogen-bond acceptors (Lipinski definition) is 2. The third-order valence-electron chi connectivity index (χ3n) is 3.82. The number of benzene rings is 2. The van der Waals surface area contributed by atoms with Gasteiger partial charge in [-0.05, 0) is 24.5 Å². The van der Waals surface area contributed by atoms with Gasteiger partial charge in [0.15, 0.2) is 0 Å². The lowest BCUT2D eigenvalue weighted by Gasteiger charge is -2.11. The first-order chi connectivity index (χ1) is 10.5. The van der Waals surface area contributed by atoms with Crippen LogP contribution in [0.1, 0.15) is 38.2 Å². The Labute approximate surface area is 127 Å².